The first-order valence-electron chi connectivity index (χ1n) is 5.02. The average molecular weight is 248 g/mol. The van der Waals surface area contributed by atoms with Crippen molar-refractivity contribution < 1.29 is 5.11 Å². The number of benzene rings is 1. The molecule has 0 aliphatic heterocycles. The molecule has 0 unspecified atom stereocenters. The number of hydrogen-bond donors (Lipinski definition) is 2. The number of aromatic hydroxyl groups is 1. The second-order valence-corrected chi connectivity index (χ2v) is 4.11. The highest BCUT2D eigenvalue weighted by molar-refractivity contribution is 7.80. The minimum atomic E-state index is 0.0888. The van der Waals surface area contributed by atoms with Gasteiger partial charge < -0.3 is 15.0 Å². The van der Waals surface area contributed by atoms with Crippen molar-refractivity contribution in [2.45, 2.75) is 0 Å². The predicted octanol–water partition coefficient (Wildman–Crippen LogP) is 2.80. The summed E-state index contributed by atoms with van der Waals surface area (Å²) >= 11 is 4.97. The van der Waals surface area contributed by atoms with Crippen LogP contribution in [-0.2, 0) is 0 Å². The summed E-state index contributed by atoms with van der Waals surface area (Å²) in [6, 6.07) is 7.40. The molecule has 1 aromatic heterocycles. The summed E-state index contributed by atoms with van der Waals surface area (Å²) in [6.45, 7) is 0. The molecule has 0 saturated heterocycles. The first-order chi connectivity index (χ1) is 8.09. The Bertz CT molecular complexity index is 588. The van der Waals surface area contributed by atoms with E-state index in [0.717, 1.165) is 10.9 Å². The van der Waals surface area contributed by atoms with Crippen LogP contribution in [0.15, 0.2) is 34.5 Å². The molecule has 0 spiro atoms. The molecule has 0 atom stereocenters. The van der Waals surface area contributed by atoms with Crippen LogP contribution in [0.2, 0.25) is 0 Å². The van der Waals surface area contributed by atoms with E-state index in [1.54, 1.807) is 19.0 Å². The van der Waals surface area contributed by atoms with Crippen molar-refractivity contribution in [3.05, 3.63) is 24.3 Å². The van der Waals surface area contributed by atoms with Gasteiger partial charge >= 0.3 is 0 Å². The molecule has 0 bridgehead atoms. The lowest BCUT2D eigenvalue weighted by Crippen LogP contribution is -2.16. The van der Waals surface area contributed by atoms with Crippen LogP contribution >= 0.6 is 12.2 Å². The molecule has 2 rings (SSSR count). The second-order valence-electron chi connectivity index (χ2n) is 3.74. The number of aromatic amines is 1. The van der Waals surface area contributed by atoms with E-state index in [9.17, 15) is 5.11 Å². The summed E-state index contributed by atoms with van der Waals surface area (Å²) in [5.41, 5.74) is 0.815. The summed E-state index contributed by atoms with van der Waals surface area (Å²) < 4.78 is 0. The number of nitrogens with one attached hydrogen (secondary N) is 1. The van der Waals surface area contributed by atoms with Crippen LogP contribution in [-0.4, -0.2) is 34.2 Å². The number of H-pyrrole nitrogens is 1. The van der Waals surface area contributed by atoms with Crippen LogP contribution in [0.1, 0.15) is 0 Å². The Morgan fingerprint density at radius 1 is 1.35 bits per heavy atom. The molecular formula is C11H12N4OS. The third-order valence-electron chi connectivity index (χ3n) is 2.28. The molecule has 0 radical (unpaired) electrons. The Labute approximate surface area is 104 Å². The average Bonchev–Trinajstić information content (AvgIpc) is 2.64. The Balaban J connectivity index is 2.37. The van der Waals surface area contributed by atoms with Crippen LogP contribution in [0.3, 0.4) is 0 Å². The van der Waals surface area contributed by atoms with Gasteiger partial charge in [-0.2, -0.15) is 0 Å². The van der Waals surface area contributed by atoms with Crippen LogP contribution in [0.25, 0.3) is 10.9 Å². The van der Waals surface area contributed by atoms with Gasteiger partial charge in [-0.05, 0) is 24.4 Å². The normalized spacial score (nSPS) is 11.2. The maximum atomic E-state index is 9.90. The zero-order valence-electron chi connectivity index (χ0n) is 9.51. The van der Waals surface area contributed by atoms with E-state index in [-0.39, 0.29) is 5.75 Å². The van der Waals surface area contributed by atoms with Crippen molar-refractivity contribution in [3.8, 4) is 5.75 Å². The fourth-order valence-electron chi connectivity index (χ4n) is 1.37. The molecule has 2 N–H and O–H groups in total. The monoisotopic (exact) mass is 248 g/mol. The van der Waals surface area contributed by atoms with E-state index in [4.69, 9.17) is 12.2 Å². The Kier molecular flexibility index (Phi) is 3.06. The zero-order valence-corrected chi connectivity index (χ0v) is 10.3. The number of fused-ring (bicyclic) bond motifs is 1. The second kappa shape index (κ2) is 4.50. The predicted molar refractivity (Wildman–Crippen MR) is 70.8 cm³/mol. The number of aromatic nitrogens is 1. The smallest absolute Gasteiger partial charge is 0.216 e. The summed E-state index contributed by atoms with van der Waals surface area (Å²) in [5, 5.41) is 18.7. The Morgan fingerprint density at radius 3 is 2.71 bits per heavy atom. The molecule has 17 heavy (non-hydrogen) atoms. The van der Waals surface area contributed by atoms with Gasteiger partial charge in [-0.15, -0.1) is 10.2 Å². The van der Waals surface area contributed by atoms with Gasteiger partial charge in [0.1, 0.15) is 0 Å². The van der Waals surface area contributed by atoms with Crippen molar-refractivity contribution in [1.82, 2.24) is 9.88 Å². The highest BCUT2D eigenvalue weighted by atomic mass is 32.1. The number of hydrogen-bond acceptors (Lipinski definition) is 3. The number of rotatable bonds is 1. The van der Waals surface area contributed by atoms with Gasteiger partial charge in [-0.3, -0.25) is 0 Å². The molecule has 0 amide bonds. The highest BCUT2D eigenvalue weighted by Gasteiger charge is 2.09. The molecule has 88 valence electrons. The van der Waals surface area contributed by atoms with Gasteiger partial charge in [0, 0.05) is 19.5 Å². The first-order valence-corrected chi connectivity index (χ1v) is 5.43. The summed E-state index contributed by atoms with van der Waals surface area (Å²) in [6.07, 6.45) is 0. The lowest BCUT2D eigenvalue weighted by Gasteiger charge is -2.06. The minimum Gasteiger partial charge on any atom is -0.504 e. The summed E-state index contributed by atoms with van der Waals surface area (Å²) in [7, 11) is 3.57. The van der Waals surface area contributed by atoms with Gasteiger partial charge in [0.15, 0.2) is 11.6 Å². The zero-order chi connectivity index (χ0) is 12.4. The van der Waals surface area contributed by atoms with E-state index < -0.39 is 0 Å². The maximum Gasteiger partial charge on any atom is 0.216 e. The largest absolute Gasteiger partial charge is 0.504 e. The van der Waals surface area contributed by atoms with Gasteiger partial charge in [-0.25, -0.2) is 0 Å². The standard InChI is InChI=1S/C11H12N4OS/c1-15(2)11(17)14-13-10-9(16)7-5-3-4-6-8(7)12-10/h3-6,12,16H,1-2H3/b14-13+. The van der Waals surface area contributed by atoms with Crippen molar-refractivity contribution in [2.75, 3.05) is 14.1 Å². The third kappa shape index (κ3) is 2.26. The molecule has 0 aliphatic carbocycles. The van der Waals surface area contributed by atoms with Gasteiger partial charge in [-0.1, -0.05) is 12.1 Å². The molecule has 1 aromatic carbocycles. The highest BCUT2D eigenvalue weighted by Crippen LogP contribution is 2.34. The van der Waals surface area contributed by atoms with Crippen molar-refractivity contribution in [2.24, 2.45) is 10.2 Å². The van der Waals surface area contributed by atoms with Crippen LogP contribution in [0.5, 0.6) is 5.75 Å². The van der Waals surface area contributed by atoms with E-state index in [2.05, 4.69) is 15.2 Å². The van der Waals surface area contributed by atoms with Crippen molar-refractivity contribution >= 4 is 34.1 Å². The quantitative estimate of drug-likeness (QED) is 0.602. The lowest BCUT2D eigenvalue weighted by molar-refractivity contribution is 0.482. The molecule has 2 aromatic rings. The molecule has 0 saturated carbocycles. The van der Waals surface area contributed by atoms with Crippen LogP contribution in [0.4, 0.5) is 5.82 Å². The molecule has 0 aliphatic rings. The number of nitrogens with zero attached hydrogens (tertiary/aromatic N) is 3. The van der Waals surface area contributed by atoms with Gasteiger partial charge in [0.2, 0.25) is 5.11 Å². The van der Waals surface area contributed by atoms with Crippen molar-refractivity contribution in [3.63, 3.8) is 0 Å². The van der Waals surface area contributed by atoms with Gasteiger partial charge in [0.25, 0.3) is 0 Å². The lowest BCUT2D eigenvalue weighted by atomic mass is 10.2. The summed E-state index contributed by atoms with van der Waals surface area (Å²) in [4.78, 5) is 4.63. The molecular weight excluding hydrogens is 236 g/mol. The molecule has 1 heterocycles. The first kappa shape index (κ1) is 11.5. The molecule has 5 nitrogen and oxygen atoms in total. The summed E-state index contributed by atoms with van der Waals surface area (Å²) in [5.74, 6) is 0.404. The number of para-hydroxylation sites is 1. The van der Waals surface area contributed by atoms with E-state index in [0.29, 0.717) is 10.9 Å². The molecule has 6 heteroatoms. The number of azo groups is 1. The van der Waals surface area contributed by atoms with Gasteiger partial charge in [0.05, 0.1) is 5.52 Å². The topological polar surface area (TPSA) is 64.0 Å². The molecule has 0 fully saturated rings. The SMILES string of the molecule is CN(C)C(=S)/N=N/c1[nH]c2ccccc2c1O. The Hall–Kier alpha value is -1.95. The van der Waals surface area contributed by atoms with E-state index in [1.807, 2.05) is 24.3 Å². The van der Waals surface area contributed by atoms with Crippen LogP contribution < -0.4 is 0 Å². The van der Waals surface area contributed by atoms with Crippen LogP contribution in [0, 0.1) is 0 Å². The fourth-order valence-corrected chi connectivity index (χ4v) is 1.41. The Morgan fingerprint density at radius 2 is 2.06 bits per heavy atom. The van der Waals surface area contributed by atoms with E-state index >= 15 is 0 Å². The van der Waals surface area contributed by atoms with Crippen molar-refractivity contribution in [1.29, 1.82) is 0 Å². The fraction of sp³-hybridized carbons (Fsp3) is 0.182. The number of thiocarbonyl (C=S) groups is 1. The van der Waals surface area contributed by atoms with E-state index in [1.165, 1.54) is 0 Å². The maximum absolute atomic E-state index is 9.90. The minimum absolute atomic E-state index is 0.0888. The third-order valence-corrected chi connectivity index (χ3v) is 2.72.